The number of benzene rings is 2. The molecule has 2 aromatic rings. The quantitative estimate of drug-likeness (QED) is 0.330. The number of nitrogens with one attached hydrogen (secondary N) is 3. The summed E-state index contributed by atoms with van der Waals surface area (Å²) in [4.78, 5) is 4.43. The van der Waals surface area contributed by atoms with E-state index >= 15 is 0 Å². The standard InChI is InChI=1S/C21H30N4O3S/c1-16(2)28-20-14-17(3)10-11-18(20)15-24-21(22-4)23-12-13-25-29(26,27)19-8-6-5-7-9-19/h5-11,14,16,25H,12-13,15H2,1-4H3,(H2,22,23,24). The van der Waals surface area contributed by atoms with Crippen molar-refractivity contribution in [3.05, 3.63) is 59.7 Å². The zero-order chi connectivity index (χ0) is 21.3. The largest absolute Gasteiger partial charge is 0.491 e. The highest BCUT2D eigenvalue weighted by Crippen LogP contribution is 2.21. The van der Waals surface area contributed by atoms with Crippen LogP contribution < -0.4 is 20.1 Å². The summed E-state index contributed by atoms with van der Waals surface area (Å²) in [7, 11) is -1.84. The molecule has 0 heterocycles. The lowest BCUT2D eigenvalue weighted by Crippen LogP contribution is -2.41. The van der Waals surface area contributed by atoms with Crippen LogP contribution in [0.3, 0.4) is 0 Å². The number of aryl methyl sites for hydroxylation is 1. The Hall–Kier alpha value is -2.58. The molecule has 29 heavy (non-hydrogen) atoms. The summed E-state index contributed by atoms with van der Waals surface area (Å²) < 4.78 is 32.9. The molecule has 0 bridgehead atoms. The van der Waals surface area contributed by atoms with Crippen LogP contribution in [0, 0.1) is 6.92 Å². The third-order valence-corrected chi connectivity index (χ3v) is 5.50. The van der Waals surface area contributed by atoms with Crippen LogP contribution in [0.15, 0.2) is 58.4 Å². The minimum absolute atomic E-state index is 0.0885. The Morgan fingerprint density at radius 3 is 2.45 bits per heavy atom. The zero-order valence-electron chi connectivity index (χ0n) is 17.4. The van der Waals surface area contributed by atoms with Crippen molar-refractivity contribution >= 4 is 16.0 Å². The molecule has 0 aromatic heterocycles. The van der Waals surface area contributed by atoms with Crippen LogP contribution in [0.25, 0.3) is 0 Å². The smallest absolute Gasteiger partial charge is 0.240 e. The van der Waals surface area contributed by atoms with Gasteiger partial charge in [-0.3, -0.25) is 4.99 Å². The van der Waals surface area contributed by atoms with Gasteiger partial charge >= 0.3 is 0 Å². The minimum atomic E-state index is -3.51. The van der Waals surface area contributed by atoms with Gasteiger partial charge in [-0.15, -0.1) is 0 Å². The maximum absolute atomic E-state index is 12.2. The number of guanidine groups is 1. The Bertz CT molecular complexity index is 913. The molecule has 0 unspecified atom stereocenters. The van der Waals surface area contributed by atoms with Gasteiger partial charge in [0.25, 0.3) is 0 Å². The average Bonchev–Trinajstić information content (AvgIpc) is 2.69. The summed E-state index contributed by atoms with van der Waals surface area (Å²) in [6.45, 7) is 7.20. The molecule has 0 radical (unpaired) electrons. The molecule has 0 fully saturated rings. The van der Waals surface area contributed by atoms with Gasteiger partial charge in [0.15, 0.2) is 5.96 Å². The maximum Gasteiger partial charge on any atom is 0.240 e. The lowest BCUT2D eigenvalue weighted by Gasteiger charge is -2.17. The summed E-state index contributed by atoms with van der Waals surface area (Å²) in [6, 6.07) is 14.4. The van der Waals surface area contributed by atoms with E-state index in [-0.39, 0.29) is 17.5 Å². The molecule has 0 aliphatic carbocycles. The van der Waals surface area contributed by atoms with Gasteiger partial charge in [0.05, 0.1) is 11.0 Å². The number of hydrogen-bond donors (Lipinski definition) is 3. The monoisotopic (exact) mass is 418 g/mol. The molecule has 158 valence electrons. The molecule has 2 rings (SSSR count). The SMILES string of the molecule is CN=C(NCCNS(=O)(=O)c1ccccc1)NCc1ccc(C)cc1OC(C)C. The van der Waals surface area contributed by atoms with Crippen LogP contribution in [0.2, 0.25) is 0 Å². The fourth-order valence-corrected chi connectivity index (χ4v) is 3.67. The fraction of sp³-hybridized carbons (Fsp3) is 0.381. The van der Waals surface area contributed by atoms with E-state index in [9.17, 15) is 8.42 Å². The number of hydrogen-bond acceptors (Lipinski definition) is 4. The van der Waals surface area contributed by atoms with E-state index in [0.717, 1.165) is 16.9 Å². The summed E-state index contributed by atoms with van der Waals surface area (Å²) >= 11 is 0. The van der Waals surface area contributed by atoms with Crippen molar-refractivity contribution in [2.45, 2.75) is 38.3 Å². The van der Waals surface area contributed by atoms with Crippen LogP contribution in [0.1, 0.15) is 25.0 Å². The number of nitrogens with zero attached hydrogens (tertiary/aromatic N) is 1. The Balaban J connectivity index is 1.85. The number of aliphatic imine (C=N–C) groups is 1. The molecule has 3 N–H and O–H groups in total. The second-order valence-corrected chi connectivity index (χ2v) is 8.61. The van der Waals surface area contributed by atoms with Gasteiger partial charge in [-0.05, 0) is 44.5 Å². The first kappa shape index (κ1) is 22.7. The van der Waals surface area contributed by atoms with Gasteiger partial charge in [-0.1, -0.05) is 30.3 Å². The normalized spacial score (nSPS) is 12.1. The Morgan fingerprint density at radius 2 is 1.79 bits per heavy atom. The van der Waals surface area contributed by atoms with Crippen molar-refractivity contribution in [3.8, 4) is 5.75 Å². The van der Waals surface area contributed by atoms with Crippen molar-refractivity contribution in [2.24, 2.45) is 4.99 Å². The first-order valence-corrected chi connectivity index (χ1v) is 11.1. The predicted molar refractivity (Wildman–Crippen MR) is 117 cm³/mol. The predicted octanol–water partition coefficient (Wildman–Crippen LogP) is 2.43. The highest BCUT2D eigenvalue weighted by atomic mass is 32.2. The van der Waals surface area contributed by atoms with Crippen LogP contribution >= 0.6 is 0 Å². The molecule has 7 nitrogen and oxygen atoms in total. The molecule has 0 aliphatic heterocycles. The zero-order valence-corrected chi connectivity index (χ0v) is 18.2. The highest BCUT2D eigenvalue weighted by molar-refractivity contribution is 7.89. The summed E-state index contributed by atoms with van der Waals surface area (Å²) in [5.41, 5.74) is 2.16. The summed E-state index contributed by atoms with van der Waals surface area (Å²) in [6.07, 6.45) is 0.0885. The van der Waals surface area contributed by atoms with Gasteiger partial charge in [0.1, 0.15) is 5.75 Å². The van der Waals surface area contributed by atoms with E-state index < -0.39 is 10.0 Å². The van der Waals surface area contributed by atoms with E-state index in [1.54, 1.807) is 37.4 Å². The first-order valence-electron chi connectivity index (χ1n) is 9.57. The minimum Gasteiger partial charge on any atom is -0.491 e. The summed E-state index contributed by atoms with van der Waals surface area (Å²) in [5, 5.41) is 6.34. The molecule has 2 aromatic carbocycles. The Labute approximate surface area is 173 Å². The Morgan fingerprint density at radius 1 is 1.07 bits per heavy atom. The lowest BCUT2D eigenvalue weighted by molar-refractivity contribution is 0.239. The first-order chi connectivity index (χ1) is 13.8. The molecule has 8 heteroatoms. The van der Waals surface area contributed by atoms with E-state index in [1.807, 2.05) is 39.0 Å². The fourth-order valence-electron chi connectivity index (χ4n) is 2.62. The van der Waals surface area contributed by atoms with E-state index in [1.165, 1.54) is 0 Å². The highest BCUT2D eigenvalue weighted by Gasteiger charge is 2.12. The Kier molecular flexibility index (Phi) is 8.48. The van der Waals surface area contributed by atoms with Crippen LogP contribution in [-0.4, -0.2) is 40.6 Å². The van der Waals surface area contributed by atoms with E-state index in [4.69, 9.17) is 4.74 Å². The van der Waals surface area contributed by atoms with Crippen molar-refractivity contribution in [1.82, 2.24) is 15.4 Å². The topological polar surface area (TPSA) is 91.8 Å². The van der Waals surface area contributed by atoms with Crippen LogP contribution in [-0.2, 0) is 16.6 Å². The maximum atomic E-state index is 12.2. The molecule has 0 spiro atoms. The van der Waals surface area contributed by atoms with Gasteiger partial charge in [0, 0.05) is 32.2 Å². The number of ether oxygens (including phenoxy) is 1. The van der Waals surface area contributed by atoms with Gasteiger partial charge < -0.3 is 15.4 Å². The van der Waals surface area contributed by atoms with Gasteiger partial charge in [-0.2, -0.15) is 0 Å². The lowest BCUT2D eigenvalue weighted by atomic mass is 10.1. The molecule has 0 atom stereocenters. The molecular weight excluding hydrogens is 388 g/mol. The second kappa shape index (κ2) is 10.8. The second-order valence-electron chi connectivity index (χ2n) is 6.84. The molecular formula is C21H30N4O3S. The van der Waals surface area contributed by atoms with Crippen molar-refractivity contribution in [3.63, 3.8) is 0 Å². The van der Waals surface area contributed by atoms with Gasteiger partial charge in [-0.25, -0.2) is 13.1 Å². The number of sulfonamides is 1. The van der Waals surface area contributed by atoms with Crippen LogP contribution in [0.5, 0.6) is 5.75 Å². The molecule has 0 saturated heterocycles. The third-order valence-electron chi connectivity index (χ3n) is 4.02. The molecule has 0 aliphatic rings. The molecule has 0 amide bonds. The van der Waals surface area contributed by atoms with E-state index in [2.05, 4.69) is 20.3 Å². The molecule has 0 saturated carbocycles. The summed E-state index contributed by atoms with van der Waals surface area (Å²) in [5.74, 6) is 1.43. The van der Waals surface area contributed by atoms with Crippen molar-refractivity contribution in [2.75, 3.05) is 20.1 Å². The van der Waals surface area contributed by atoms with Crippen molar-refractivity contribution in [1.29, 1.82) is 0 Å². The van der Waals surface area contributed by atoms with Gasteiger partial charge in [0.2, 0.25) is 10.0 Å². The van der Waals surface area contributed by atoms with E-state index in [0.29, 0.717) is 19.0 Å². The average molecular weight is 419 g/mol. The van der Waals surface area contributed by atoms with Crippen molar-refractivity contribution < 1.29 is 13.2 Å². The third kappa shape index (κ3) is 7.40. The number of rotatable bonds is 9. The van der Waals surface area contributed by atoms with Crippen LogP contribution in [0.4, 0.5) is 0 Å².